The van der Waals surface area contributed by atoms with Gasteiger partial charge in [0, 0.05) is 25.0 Å². The van der Waals surface area contributed by atoms with Crippen LogP contribution in [-0.2, 0) is 14.4 Å². The van der Waals surface area contributed by atoms with Gasteiger partial charge in [0.2, 0.25) is 11.8 Å². The van der Waals surface area contributed by atoms with E-state index in [9.17, 15) is 14.4 Å². The molecule has 0 aromatic rings. The second kappa shape index (κ2) is 5.90. The van der Waals surface area contributed by atoms with E-state index in [1.54, 1.807) is 6.92 Å². The first-order chi connectivity index (χ1) is 7.93. The molecule has 1 aliphatic rings. The Morgan fingerprint density at radius 1 is 1.47 bits per heavy atom. The molecule has 1 saturated heterocycles. The molecule has 2 amide bonds. The minimum Gasteiger partial charge on any atom is -0.480 e. The number of hydrogen-bond acceptors (Lipinski definition) is 4. The highest BCUT2D eigenvalue weighted by molar-refractivity contribution is 7.99. The fourth-order valence-corrected chi connectivity index (χ4v) is 2.73. The van der Waals surface area contributed by atoms with E-state index in [4.69, 9.17) is 5.11 Å². The molecule has 0 radical (unpaired) electrons. The van der Waals surface area contributed by atoms with Crippen molar-refractivity contribution in [3.8, 4) is 0 Å². The third-order valence-corrected chi connectivity index (χ3v) is 3.51. The van der Waals surface area contributed by atoms with Crippen LogP contribution in [0.15, 0.2) is 0 Å². The zero-order chi connectivity index (χ0) is 13.0. The summed E-state index contributed by atoms with van der Waals surface area (Å²) in [5, 5.41) is 11.5. The summed E-state index contributed by atoms with van der Waals surface area (Å²) < 4.78 is 0. The quantitative estimate of drug-likeness (QED) is 0.717. The van der Waals surface area contributed by atoms with Gasteiger partial charge in [0.15, 0.2) is 0 Å². The summed E-state index contributed by atoms with van der Waals surface area (Å²) in [7, 11) is 0. The average molecular weight is 260 g/mol. The van der Waals surface area contributed by atoms with Gasteiger partial charge in [-0.25, -0.2) is 4.79 Å². The number of carboxylic acid groups (broad SMARTS) is 1. The summed E-state index contributed by atoms with van der Waals surface area (Å²) in [4.78, 5) is 35.2. The van der Waals surface area contributed by atoms with Gasteiger partial charge >= 0.3 is 5.97 Å². The van der Waals surface area contributed by atoms with E-state index >= 15 is 0 Å². The summed E-state index contributed by atoms with van der Waals surface area (Å²) in [6.07, 6.45) is 0. The number of thioether (sulfide) groups is 1. The first kappa shape index (κ1) is 13.8. The van der Waals surface area contributed by atoms with Crippen LogP contribution in [0.3, 0.4) is 0 Å². The van der Waals surface area contributed by atoms with Crippen LogP contribution in [0.5, 0.6) is 0 Å². The maximum atomic E-state index is 12.0. The zero-order valence-electron chi connectivity index (χ0n) is 9.80. The van der Waals surface area contributed by atoms with Crippen LogP contribution in [0.2, 0.25) is 0 Å². The van der Waals surface area contributed by atoms with Gasteiger partial charge in [0.1, 0.15) is 12.1 Å². The Bertz CT molecular complexity index is 334. The molecule has 1 rings (SSSR count). The van der Waals surface area contributed by atoms with Crippen molar-refractivity contribution >= 4 is 29.5 Å². The van der Waals surface area contributed by atoms with Crippen molar-refractivity contribution in [3.05, 3.63) is 0 Å². The number of carbonyl (C=O) groups is 3. The third kappa shape index (κ3) is 3.62. The van der Waals surface area contributed by atoms with E-state index in [0.717, 1.165) is 5.75 Å². The number of carbonyl (C=O) groups excluding carboxylic acids is 2. The molecule has 2 atom stereocenters. The first-order valence-electron chi connectivity index (χ1n) is 5.31. The SMILES string of the molecule is CC(=O)NC(C)C(=O)N1CCSCC1C(=O)O. The summed E-state index contributed by atoms with van der Waals surface area (Å²) in [6, 6.07) is -1.48. The summed E-state index contributed by atoms with van der Waals surface area (Å²) in [6.45, 7) is 3.29. The largest absolute Gasteiger partial charge is 0.480 e. The van der Waals surface area contributed by atoms with Crippen LogP contribution >= 0.6 is 11.8 Å². The Kier molecular flexibility index (Phi) is 4.80. The van der Waals surface area contributed by atoms with E-state index in [0.29, 0.717) is 12.3 Å². The second-order valence-electron chi connectivity index (χ2n) is 3.88. The van der Waals surface area contributed by atoms with Gasteiger partial charge < -0.3 is 15.3 Å². The predicted molar refractivity (Wildman–Crippen MR) is 63.7 cm³/mol. The molecular weight excluding hydrogens is 244 g/mol. The molecule has 1 aliphatic heterocycles. The fourth-order valence-electron chi connectivity index (χ4n) is 1.69. The van der Waals surface area contributed by atoms with Crippen molar-refractivity contribution < 1.29 is 19.5 Å². The number of amides is 2. The summed E-state index contributed by atoms with van der Waals surface area (Å²) in [5.74, 6) is -0.520. The van der Waals surface area contributed by atoms with Gasteiger partial charge in [0.25, 0.3) is 0 Å². The molecule has 17 heavy (non-hydrogen) atoms. The second-order valence-corrected chi connectivity index (χ2v) is 5.03. The maximum Gasteiger partial charge on any atom is 0.327 e. The number of rotatable bonds is 3. The minimum absolute atomic E-state index is 0.302. The number of hydrogen-bond donors (Lipinski definition) is 2. The number of aliphatic carboxylic acids is 1. The normalized spacial score (nSPS) is 21.8. The lowest BCUT2D eigenvalue weighted by atomic mass is 10.2. The summed E-state index contributed by atoms with van der Waals surface area (Å²) >= 11 is 1.52. The van der Waals surface area contributed by atoms with Crippen LogP contribution in [0.25, 0.3) is 0 Å². The molecule has 96 valence electrons. The van der Waals surface area contributed by atoms with Crippen LogP contribution in [0.4, 0.5) is 0 Å². The molecule has 2 unspecified atom stereocenters. The average Bonchev–Trinajstić information content (AvgIpc) is 2.27. The molecule has 7 heteroatoms. The standard InChI is InChI=1S/C10H16N2O4S/c1-6(11-7(2)13)9(14)12-3-4-17-5-8(12)10(15)16/h6,8H,3-5H2,1-2H3,(H,11,13)(H,15,16). The van der Waals surface area contributed by atoms with Crippen molar-refractivity contribution in [2.45, 2.75) is 25.9 Å². The van der Waals surface area contributed by atoms with Gasteiger partial charge in [-0.05, 0) is 6.92 Å². The van der Waals surface area contributed by atoms with E-state index in [2.05, 4.69) is 5.32 Å². The molecule has 0 spiro atoms. The number of nitrogens with one attached hydrogen (secondary N) is 1. The Labute approximate surface area is 104 Å². The molecule has 0 aliphatic carbocycles. The fraction of sp³-hybridized carbons (Fsp3) is 0.700. The molecule has 0 aromatic heterocycles. The van der Waals surface area contributed by atoms with Gasteiger partial charge in [0.05, 0.1) is 0 Å². The van der Waals surface area contributed by atoms with E-state index in [1.807, 2.05) is 0 Å². The topological polar surface area (TPSA) is 86.7 Å². The first-order valence-corrected chi connectivity index (χ1v) is 6.47. The molecule has 1 fully saturated rings. The van der Waals surface area contributed by atoms with Crippen molar-refractivity contribution in [1.82, 2.24) is 10.2 Å². The van der Waals surface area contributed by atoms with E-state index in [1.165, 1.54) is 23.6 Å². The Morgan fingerprint density at radius 3 is 2.65 bits per heavy atom. The number of nitrogens with zero attached hydrogens (tertiary/aromatic N) is 1. The van der Waals surface area contributed by atoms with Crippen LogP contribution in [0, 0.1) is 0 Å². The monoisotopic (exact) mass is 260 g/mol. The highest BCUT2D eigenvalue weighted by atomic mass is 32.2. The van der Waals surface area contributed by atoms with Crippen molar-refractivity contribution in [1.29, 1.82) is 0 Å². The molecule has 0 bridgehead atoms. The Hall–Kier alpha value is -1.24. The maximum absolute atomic E-state index is 12.0. The summed E-state index contributed by atoms with van der Waals surface area (Å²) in [5.41, 5.74) is 0. The van der Waals surface area contributed by atoms with Gasteiger partial charge in [-0.3, -0.25) is 9.59 Å². The molecule has 0 aromatic carbocycles. The highest BCUT2D eigenvalue weighted by Crippen LogP contribution is 2.17. The highest BCUT2D eigenvalue weighted by Gasteiger charge is 2.34. The van der Waals surface area contributed by atoms with Crippen LogP contribution < -0.4 is 5.32 Å². The number of carboxylic acids is 1. The zero-order valence-corrected chi connectivity index (χ0v) is 10.6. The molecule has 6 nitrogen and oxygen atoms in total. The lowest BCUT2D eigenvalue weighted by Crippen LogP contribution is -2.55. The van der Waals surface area contributed by atoms with Crippen molar-refractivity contribution in [2.24, 2.45) is 0 Å². The minimum atomic E-state index is -0.999. The Balaban J connectivity index is 2.70. The molecule has 1 heterocycles. The smallest absolute Gasteiger partial charge is 0.327 e. The molecule has 0 saturated carbocycles. The van der Waals surface area contributed by atoms with Gasteiger partial charge in [-0.1, -0.05) is 0 Å². The van der Waals surface area contributed by atoms with Crippen LogP contribution in [-0.4, -0.2) is 57.9 Å². The molecular formula is C10H16N2O4S. The predicted octanol–water partition coefficient (Wildman–Crippen LogP) is -0.460. The molecule has 2 N–H and O–H groups in total. The third-order valence-electron chi connectivity index (χ3n) is 2.49. The van der Waals surface area contributed by atoms with E-state index in [-0.39, 0.29) is 11.8 Å². The van der Waals surface area contributed by atoms with Gasteiger partial charge in [-0.2, -0.15) is 11.8 Å². The lowest BCUT2D eigenvalue weighted by molar-refractivity contribution is -0.150. The van der Waals surface area contributed by atoms with Crippen molar-refractivity contribution in [2.75, 3.05) is 18.1 Å². The van der Waals surface area contributed by atoms with Crippen molar-refractivity contribution in [3.63, 3.8) is 0 Å². The lowest BCUT2D eigenvalue weighted by Gasteiger charge is -2.34. The van der Waals surface area contributed by atoms with E-state index < -0.39 is 18.1 Å². The van der Waals surface area contributed by atoms with Gasteiger partial charge in [-0.15, -0.1) is 0 Å². The van der Waals surface area contributed by atoms with Crippen LogP contribution in [0.1, 0.15) is 13.8 Å². The Morgan fingerprint density at radius 2 is 2.12 bits per heavy atom.